The summed E-state index contributed by atoms with van der Waals surface area (Å²) in [6, 6.07) is 3.83. The van der Waals surface area contributed by atoms with E-state index in [1.54, 1.807) is 26.8 Å². The zero-order valence-electron chi connectivity index (χ0n) is 24.6. The second-order valence-corrected chi connectivity index (χ2v) is 14.0. The molecule has 6 atom stereocenters. The molecule has 0 aromatic heterocycles. The zero-order chi connectivity index (χ0) is 34.0. The molecule has 46 heavy (non-hydrogen) atoms. The first-order chi connectivity index (χ1) is 21.3. The van der Waals surface area contributed by atoms with Crippen LogP contribution in [0.15, 0.2) is 29.8 Å². The lowest BCUT2D eigenvalue weighted by molar-refractivity contribution is -0.145. The molecular formula is C31H25Cl2F5N2O6. The largest absolute Gasteiger partial charge is 0.508 e. The summed E-state index contributed by atoms with van der Waals surface area (Å²) in [6.45, 7) is 4.96. The number of amides is 4. The van der Waals surface area contributed by atoms with Crippen molar-refractivity contribution in [3.05, 3.63) is 64.5 Å². The van der Waals surface area contributed by atoms with Gasteiger partial charge in [-0.15, -0.1) is 23.2 Å². The number of benzene rings is 2. The number of imide groups is 2. The van der Waals surface area contributed by atoms with E-state index in [-0.39, 0.29) is 28.2 Å². The number of fused-ring (bicyclic) bond motifs is 4. The molecule has 4 aliphatic rings. The Morgan fingerprint density at radius 2 is 1.48 bits per heavy atom. The van der Waals surface area contributed by atoms with Crippen LogP contribution in [-0.4, -0.2) is 56.0 Å². The zero-order valence-corrected chi connectivity index (χ0v) is 26.1. The molecule has 4 amide bonds. The van der Waals surface area contributed by atoms with Crippen molar-refractivity contribution in [1.29, 1.82) is 0 Å². The highest BCUT2D eigenvalue weighted by Crippen LogP contribution is 2.67. The summed E-state index contributed by atoms with van der Waals surface area (Å²) in [7, 11) is 1.30. The summed E-state index contributed by atoms with van der Waals surface area (Å²) in [5.41, 5.74) is -2.75. The second-order valence-electron chi connectivity index (χ2n) is 12.8. The fourth-order valence-corrected chi connectivity index (χ4v) is 8.39. The van der Waals surface area contributed by atoms with E-state index in [0.29, 0.717) is 0 Å². The van der Waals surface area contributed by atoms with Crippen molar-refractivity contribution in [3.63, 3.8) is 0 Å². The molecule has 244 valence electrons. The second kappa shape index (κ2) is 10.1. The predicted molar refractivity (Wildman–Crippen MR) is 153 cm³/mol. The van der Waals surface area contributed by atoms with Gasteiger partial charge >= 0.3 is 0 Å². The van der Waals surface area contributed by atoms with E-state index >= 15 is 8.78 Å². The number of rotatable bonds is 3. The molecule has 2 aliphatic heterocycles. The Balaban J connectivity index is 1.62. The number of alkyl halides is 2. The van der Waals surface area contributed by atoms with Crippen LogP contribution in [0, 0.1) is 46.8 Å². The SMILES string of the molecule is COc1ccc(O)c(C2C3=CCC4C(=O)N(C(C)(C)C)C(=O)C4C3CC3(Cl)C(=O)N(c4c(F)c(F)c(F)c(F)c4F)C(=O)C23Cl)c1. The Kier molecular flexibility index (Phi) is 7.11. The number of allylic oxidation sites excluding steroid dienone is 2. The number of methoxy groups -OCH3 is 1. The number of anilines is 1. The minimum Gasteiger partial charge on any atom is -0.508 e. The van der Waals surface area contributed by atoms with E-state index in [2.05, 4.69) is 0 Å². The van der Waals surface area contributed by atoms with Gasteiger partial charge in [-0.1, -0.05) is 11.6 Å². The first-order valence-corrected chi connectivity index (χ1v) is 14.8. The minimum atomic E-state index is -2.75. The van der Waals surface area contributed by atoms with Crippen LogP contribution in [0.3, 0.4) is 0 Å². The minimum absolute atomic E-state index is 0.0133. The number of phenols is 1. The van der Waals surface area contributed by atoms with Crippen molar-refractivity contribution >= 4 is 52.5 Å². The smallest absolute Gasteiger partial charge is 0.258 e. The molecule has 2 aliphatic carbocycles. The number of ether oxygens (including phenoxy) is 1. The predicted octanol–water partition coefficient (Wildman–Crippen LogP) is 5.46. The van der Waals surface area contributed by atoms with E-state index in [4.69, 9.17) is 27.9 Å². The van der Waals surface area contributed by atoms with Gasteiger partial charge in [0.2, 0.25) is 17.6 Å². The molecule has 0 bridgehead atoms. The number of carbonyl (C=O) groups is 4. The summed E-state index contributed by atoms with van der Waals surface area (Å²) in [5, 5.41) is 11.1. The summed E-state index contributed by atoms with van der Waals surface area (Å²) in [4.78, 5) is 51.3. The third-order valence-electron chi connectivity index (χ3n) is 9.44. The Labute approximate surface area is 268 Å². The Hall–Kier alpha value is -3.71. The summed E-state index contributed by atoms with van der Waals surface area (Å²) in [6.07, 6.45) is 0.895. The molecule has 6 rings (SSSR count). The molecule has 3 fully saturated rings. The monoisotopic (exact) mass is 686 g/mol. The van der Waals surface area contributed by atoms with Crippen LogP contribution in [0.25, 0.3) is 0 Å². The van der Waals surface area contributed by atoms with Crippen LogP contribution >= 0.6 is 23.2 Å². The fourth-order valence-electron chi connectivity index (χ4n) is 7.46. The molecule has 1 saturated carbocycles. The molecule has 2 saturated heterocycles. The molecule has 2 aromatic carbocycles. The van der Waals surface area contributed by atoms with Crippen LogP contribution in [0.2, 0.25) is 0 Å². The number of aromatic hydroxyl groups is 1. The van der Waals surface area contributed by atoms with Gasteiger partial charge in [0.05, 0.1) is 18.9 Å². The number of halogens is 7. The van der Waals surface area contributed by atoms with Crippen LogP contribution in [0.4, 0.5) is 27.6 Å². The third kappa shape index (κ3) is 3.90. The van der Waals surface area contributed by atoms with Crippen LogP contribution in [-0.2, 0) is 19.2 Å². The summed E-state index contributed by atoms with van der Waals surface area (Å²) >= 11 is 14.1. The highest BCUT2D eigenvalue weighted by atomic mass is 35.5. The molecule has 2 heterocycles. The quantitative estimate of drug-likeness (QED) is 0.115. The van der Waals surface area contributed by atoms with E-state index in [1.807, 2.05) is 0 Å². The van der Waals surface area contributed by atoms with Crippen molar-refractivity contribution in [2.24, 2.45) is 17.8 Å². The molecular weight excluding hydrogens is 662 g/mol. The number of hydrogen-bond donors (Lipinski definition) is 1. The number of likely N-dealkylation sites (tertiary alicyclic amines) is 1. The van der Waals surface area contributed by atoms with E-state index in [1.165, 1.54) is 25.3 Å². The lowest BCUT2D eigenvalue weighted by Crippen LogP contribution is -2.60. The fraction of sp³-hybridized carbons (Fsp3) is 0.419. The molecule has 6 unspecified atom stereocenters. The highest BCUT2D eigenvalue weighted by molar-refractivity contribution is 6.58. The first-order valence-electron chi connectivity index (χ1n) is 14.1. The maximum atomic E-state index is 15.1. The Morgan fingerprint density at radius 3 is 2.04 bits per heavy atom. The van der Waals surface area contributed by atoms with Gasteiger partial charge in [0.15, 0.2) is 33.0 Å². The number of nitrogens with zero attached hydrogens (tertiary/aromatic N) is 2. The van der Waals surface area contributed by atoms with Gasteiger partial charge < -0.3 is 9.84 Å². The number of carbonyl (C=O) groups excluding carboxylic acids is 4. The Morgan fingerprint density at radius 1 is 0.891 bits per heavy atom. The van der Waals surface area contributed by atoms with Gasteiger partial charge in [0.1, 0.15) is 17.2 Å². The Bertz CT molecular complexity index is 1780. The van der Waals surface area contributed by atoms with Gasteiger partial charge in [-0.2, -0.15) is 0 Å². The lowest BCUT2D eigenvalue weighted by Gasteiger charge is -2.50. The summed E-state index contributed by atoms with van der Waals surface area (Å²) in [5.74, 6) is -21.7. The van der Waals surface area contributed by atoms with E-state index < -0.39 is 110 Å². The van der Waals surface area contributed by atoms with Gasteiger partial charge in [-0.05, 0) is 57.7 Å². The van der Waals surface area contributed by atoms with Crippen molar-refractivity contribution in [2.75, 3.05) is 12.0 Å². The van der Waals surface area contributed by atoms with Crippen molar-refractivity contribution < 1.29 is 51.0 Å². The molecule has 15 heteroatoms. The van der Waals surface area contributed by atoms with E-state index in [0.717, 1.165) is 4.90 Å². The highest BCUT2D eigenvalue weighted by Gasteiger charge is 2.77. The molecule has 1 N–H and O–H groups in total. The molecule has 8 nitrogen and oxygen atoms in total. The lowest BCUT2D eigenvalue weighted by atomic mass is 9.56. The number of hydrogen-bond acceptors (Lipinski definition) is 6. The van der Waals surface area contributed by atoms with Crippen molar-refractivity contribution in [2.45, 2.75) is 54.8 Å². The molecule has 0 radical (unpaired) electrons. The van der Waals surface area contributed by atoms with Gasteiger partial charge in [0.25, 0.3) is 11.8 Å². The van der Waals surface area contributed by atoms with Gasteiger partial charge in [-0.3, -0.25) is 24.1 Å². The molecule has 0 spiro atoms. The van der Waals surface area contributed by atoms with Crippen LogP contribution in [0.5, 0.6) is 11.5 Å². The average Bonchev–Trinajstić information content (AvgIpc) is 3.34. The maximum Gasteiger partial charge on any atom is 0.258 e. The molecule has 2 aromatic rings. The van der Waals surface area contributed by atoms with Crippen LogP contribution in [0.1, 0.15) is 45.1 Å². The third-order valence-corrected chi connectivity index (χ3v) is 10.9. The summed E-state index contributed by atoms with van der Waals surface area (Å²) < 4.78 is 78.2. The average molecular weight is 687 g/mol. The van der Waals surface area contributed by atoms with Gasteiger partial charge in [0, 0.05) is 17.0 Å². The maximum absolute atomic E-state index is 15.1. The first kappa shape index (κ1) is 32.2. The van der Waals surface area contributed by atoms with Gasteiger partial charge in [-0.25, -0.2) is 26.9 Å². The van der Waals surface area contributed by atoms with Crippen molar-refractivity contribution in [1.82, 2.24) is 4.90 Å². The number of phenolic OH excluding ortho intramolecular Hbond substituents is 1. The van der Waals surface area contributed by atoms with E-state index in [9.17, 15) is 37.5 Å². The standard InChI is InChI=1S/C31H25Cl2F5N2O6/c1-29(2,3)40-25(42)13-7-6-12-15(17(13)26(40)43)10-30(32)27(44)39(24-22(37)20(35)19(34)21(36)23(24)38)28(45)31(30,33)18(12)14-9-11(46-4)5-8-16(14)41/h5-6,8-9,13,15,17-18,41H,7,10H2,1-4H3. The topological polar surface area (TPSA) is 104 Å². The van der Waals surface area contributed by atoms with Crippen LogP contribution < -0.4 is 9.64 Å². The van der Waals surface area contributed by atoms with Crippen molar-refractivity contribution in [3.8, 4) is 11.5 Å². The normalized spacial score (nSPS) is 30.8.